The number of pyridine rings is 1. The second kappa shape index (κ2) is 9.88. The molecule has 5 heteroatoms. The lowest BCUT2D eigenvalue weighted by Crippen LogP contribution is -2.32. The Morgan fingerprint density at radius 1 is 0.875 bits per heavy atom. The molecule has 3 heterocycles. The van der Waals surface area contributed by atoms with E-state index in [1.54, 1.807) is 0 Å². The van der Waals surface area contributed by atoms with Crippen LogP contribution in [0.25, 0.3) is 0 Å². The predicted molar refractivity (Wildman–Crippen MR) is 128 cm³/mol. The topological polar surface area (TPSA) is 40.6 Å². The molecule has 1 aromatic heterocycles. The molecule has 0 atom stereocenters. The van der Waals surface area contributed by atoms with Crippen molar-refractivity contribution in [1.82, 2.24) is 15.3 Å². The van der Waals surface area contributed by atoms with Gasteiger partial charge in [-0.3, -0.25) is 14.9 Å². The smallest absolute Gasteiger partial charge is 0.119 e. The van der Waals surface area contributed by atoms with Crippen molar-refractivity contribution in [2.45, 2.75) is 25.9 Å². The molecule has 5 rings (SSSR count). The van der Waals surface area contributed by atoms with Crippen molar-refractivity contribution in [2.24, 2.45) is 0 Å². The largest absolute Gasteiger partial charge is 0.489 e. The van der Waals surface area contributed by atoms with Crippen LogP contribution >= 0.6 is 0 Å². The maximum absolute atomic E-state index is 5.96. The average molecular weight is 427 g/mol. The summed E-state index contributed by atoms with van der Waals surface area (Å²) in [5.74, 6) is 0.887. The number of hydrazine groups is 1. The van der Waals surface area contributed by atoms with Crippen molar-refractivity contribution >= 4 is 5.69 Å². The van der Waals surface area contributed by atoms with Gasteiger partial charge in [-0.05, 0) is 73.0 Å². The number of likely N-dealkylation sites (tertiary alicyclic amines) is 1. The Balaban J connectivity index is 1.25. The summed E-state index contributed by atoms with van der Waals surface area (Å²) in [5.41, 5.74) is 10.0. The number of nitrogens with zero attached hydrogens (tertiary/aromatic N) is 3. The molecule has 0 aliphatic carbocycles. The van der Waals surface area contributed by atoms with Crippen LogP contribution in [0.15, 0.2) is 90.4 Å². The second-order valence-electron chi connectivity index (χ2n) is 8.57. The van der Waals surface area contributed by atoms with Crippen LogP contribution in [0.3, 0.4) is 0 Å². The number of nitrogens with one attached hydrogen (secondary N) is 1. The second-order valence-corrected chi connectivity index (χ2v) is 8.57. The molecule has 3 aromatic rings. The van der Waals surface area contributed by atoms with Gasteiger partial charge in [-0.2, -0.15) is 0 Å². The lowest BCUT2D eigenvalue weighted by molar-refractivity contribution is 0.306. The van der Waals surface area contributed by atoms with E-state index in [1.165, 1.54) is 48.3 Å². The minimum Gasteiger partial charge on any atom is -0.489 e. The Bertz CT molecular complexity index is 1030. The third-order valence-corrected chi connectivity index (χ3v) is 6.16. The van der Waals surface area contributed by atoms with Crippen LogP contribution in [-0.2, 0) is 13.0 Å². The first kappa shape index (κ1) is 20.6. The Kier molecular flexibility index (Phi) is 6.35. The van der Waals surface area contributed by atoms with Gasteiger partial charge in [-0.1, -0.05) is 36.4 Å². The third-order valence-electron chi connectivity index (χ3n) is 6.16. The van der Waals surface area contributed by atoms with Crippen LogP contribution in [0.2, 0.25) is 0 Å². The highest BCUT2D eigenvalue weighted by Crippen LogP contribution is 2.26. The predicted octanol–water partition coefficient (Wildman–Crippen LogP) is 4.58. The zero-order valence-electron chi connectivity index (χ0n) is 18.4. The van der Waals surface area contributed by atoms with E-state index in [-0.39, 0.29) is 0 Å². The van der Waals surface area contributed by atoms with Gasteiger partial charge < -0.3 is 10.2 Å². The number of hydrogen-bond acceptors (Lipinski definition) is 5. The highest BCUT2D eigenvalue weighted by atomic mass is 16.5. The number of benzene rings is 2. The van der Waals surface area contributed by atoms with Gasteiger partial charge in [0.05, 0.1) is 12.2 Å². The summed E-state index contributed by atoms with van der Waals surface area (Å²) < 4.78 is 5.96. The van der Waals surface area contributed by atoms with Crippen LogP contribution in [0, 0.1) is 0 Å². The van der Waals surface area contributed by atoms with Gasteiger partial charge in [0.1, 0.15) is 12.4 Å². The standard InChI is InChI=1S/C27H30N4O/c1-2-7-22(8-3-1)21-32-26-12-10-25(11-13-26)31-20-24(19-30-15-4-5-16-30)27(29-31)17-23-9-6-14-28-18-23/h1-3,6-14,18,29H,4-5,15-17,19-21H2. The summed E-state index contributed by atoms with van der Waals surface area (Å²) in [5, 5.41) is 2.25. The van der Waals surface area contributed by atoms with Gasteiger partial charge in [0.2, 0.25) is 0 Å². The van der Waals surface area contributed by atoms with E-state index < -0.39 is 0 Å². The number of aromatic nitrogens is 1. The minimum atomic E-state index is 0.582. The maximum atomic E-state index is 5.96. The monoisotopic (exact) mass is 426 g/mol. The van der Waals surface area contributed by atoms with Gasteiger partial charge in [0.25, 0.3) is 0 Å². The fourth-order valence-corrected chi connectivity index (χ4v) is 4.41. The van der Waals surface area contributed by atoms with E-state index in [9.17, 15) is 0 Å². The van der Waals surface area contributed by atoms with E-state index in [0.717, 1.165) is 30.9 Å². The normalized spacial score (nSPS) is 16.4. The van der Waals surface area contributed by atoms with Crippen LogP contribution in [0.5, 0.6) is 5.75 Å². The number of rotatable bonds is 8. The molecule has 32 heavy (non-hydrogen) atoms. The van der Waals surface area contributed by atoms with Gasteiger partial charge in [-0.25, -0.2) is 0 Å². The van der Waals surface area contributed by atoms with Crippen molar-refractivity contribution < 1.29 is 4.74 Å². The van der Waals surface area contributed by atoms with Crippen molar-refractivity contribution in [1.29, 1.82) is 0 Å². The molecule has 0 amide bonds. The lowest BCUT2D eigenvalue weighted by Gasteiger charge is -2.21. The molecule has 0 saturated carbocycles. The third kappa shape index (κ3) is 5.11. The molecule has 0 radical (unpaired) electrons. The Hall–Kier alpha value is -3.31. The zero-order valence-corrected chi connectivity index (χ0v) is 18.4. The summed E-state index contributed by atoms with van der Waals surface area (Å²) >= 11 is 0. The molecule has 2 aromatic carbocycles. The summed E-state index contributed by atoms with van der Waals surface area (Å²) in [6.07, 6.45) is 7.30. The molecule has 0 unspecified atom stereocenters. The molecule has 0 bridgehead atoms. The van der Waals surface area contributed by atoms with Gasteiger partial charge >= 0.3 is 0 Å². The molecule has 1 fully saturated rings. The van der Waals surface area contributed by atoms with Crippen molar-refractivity contribution in [3.05, 3.63) is 102 Å². The SMILES string of the molecule is c1ccc(COc2ccc(N3CC(CN4CCCC4)=C(Cc4cccnc4)N3)cc2)cc1. The fourth-order valence-electron chi connectivity index (χ4n) is 4.41. The maximum Gasteiger partial charge on any atom is 0.119 e. The van der Waals surface area contributed by atoms with Gasteiger partial charge in [0, 0.05) is 31.1 Å². The summed E-state index contributed by atoms with van der Waals surface area (Å²) in [4.78, 5) is 6.87. The lowest BCUT2D eigenvalue weighted by atomic mass is 10.1. The van der Waals surface area contributed by atoms with E-state index in [1.807, 2.05) is 36.7 Å². The van der Waals surface area contributed by atoms with Gasteiger partial charge in [-0.15, -0.1) is 0 Å². The molecular weight excluding hydrogens is 396 g/mol. The van der Waals surface area contributed by atoms with E-state index in [0.29, 0.717) is 6.61 Å². The summed E-state index contributed by atoms with van der Waals surface area (Å²) in [6.45, 7) is 4.93. The molecule has 2 aliphatic rings. The van der Waals surface area contributed by atoms with Gasteiger partial charge in [0.15, 0.2) is 0 Å². The Morgan fingerprint density at radius 3 is 2.41 bits per heavy atom. The first-order valence-corrected chi connectivity index (χ1v) is 11.5. The number of ether oxygens (including phenoxy) is 1. The van der Waals surface area contributed by atoms with E-state index >= 15 is 0 Å². The zero-order chi connectivity index (χ0) is 21.6. The Morgan fingerprint density at radius 2 is 1.66 bits per heavy atom. The first-order valence-electron chi connectivity index (χ1n) is 11.5. The average Bonchev–Trinajstić information content (AvgIpc) is 3.50. The number of anilines is 1. The van der Waals surface area contributed by atoms with E-state index in [2.05, 4.69) is 62.8 Å². The molecule has 1 N–H and O–H groups in total. The van der Waals surface area contributed by atoms with E-state index in [4.69, 9.17) is 4.74 Å². The van der Waals surface area contributed by atoms with Crippen LogP contribution in [0.4, 0.5) is 5.69 Å². The van der Waals surface area contributed by atoms with Crippen molar-refractivity contribution in [3.63, 3.8) is 0 Å². The number of hydrogen-bond donors (Lipinski definition) is 1. The molecule has 2 aliphatic heterocycles. The summed E-state index contributed by atoms with van der Waals surface area (Å²) in [7, 11) is 0. The number of allylic oxidation sites excluding steroid dienone is 1. The summed E-state index contributed by atoms with van der Waals surface area (Å²) in [6, 6.07) is 22.8. The molecule has 5 nitrogen and oxygen atoms in total. The van der Waals surface area contributed by atoms with Crippen LogP contribution in [-0.4, -0.2) is 36.1 Å². The fraction of sp³-hybridized carbons (Fsp3) is 0.296. The molecular formula is C27H30N4O. The first-order chi connectivity index (χ1) is 15.8. The molecule has 164 valence electrons. The highest BCUT2D eigenvalue weighted by molar-refractivity contribution is 5.52. The molecule has 1 saturated heterocycles. The molecule has 0 spiro atoms. The quantitative estimate of drug-likeness (QED) is 0.571. The van der Waals surface area contributed by atoms with Crippen molar-refractivity contribution in [3.8, 4) is 5.75 Å². The van der Waals surface area contributed by atoms with Crippen molar-refractivity contribution in [2.75, 3.05) is 31.2 Å². The van der Waals surface area contributed by atoms with Crippen LogP contribution in [0.1, 0.15) is 24.0 Å². The van der Waals surface area contributed by atoms with Crippen LogP contribution < -0.4 is 15.2 Å². The minimum absolute atomic E-state index is 0.582. The Labute approximate surface area is 190 Å². The highest BCUT2D eigenvalue weighted by Gasteiger charge is 2.24.